The Kier molecular flexibility index (Phi) is 3.37. The lowest BCUT2D eigenvalue weighted by Gasteiger charge is -2.05. The van der Waals surface area contributed by atoms with Crippen molar-refractivity contribution in [2.24, 2.45) is 0 Å². The van der Waals surface area contributed by atoms with Gasteiger partial charge in [-0.3, -0.25) is 4.68 Å². The Hall–Kier alpha value is -2.01. The number of nitrogens with one attached hydrogen (secondary N) is 1. The van der Waals surface area contributed by atoms with E-state index < -0.39 is 0 Å². The van der Waals surface area contributed by atoms with Gasteiger partial charge in [0.05, 0.1) is 31.6 Å². The summed E-state index contributed by atoms with van der Waals surface area (Å²) in [7, 11) is 0. The molecule has 0 amide bonds. The summed E-state index contributed by atoms with van der Waals surface area (Å²) < 4.78 is 7.21. The molecule has 2 heterocycles. The average Bonchev–Trinajstić information content (AvgIpc) is 3.04. The van der Waals surface area contributed by atoms with Crippen LogP contribution in [0.4, 0.5) is 5.69 Å². The highest BCUT2D eigenvalue weighted by Crippen LogP contribution is 2.26. The van der Waals surface area contributed by atoms with Crippen molar-refractivity contribution in [3.8, 4) is 5.75 Å². The number of ether oxygens (including phenoxy) is 1. The first-order valence-electron chi connectivity index (χ1n) is 6.47. The second-order valence-corrected chi connectivity index (χ2v) is 4.61. The van der Waals surface area contributed by atoms with E-state index in [9.17, 15) is 0 Å². The molecule has 2 aromatic rings. The Labute approximate surface area is 111 Å². The Morgan fingerprint density at radius 3 is 3.26 bits per heavy atom. The highest BCUT2D eigenvalue weighted by atomic mass is 16.5. The van der Waals surface area contributed by atoms with Gasteiger partial charge in [-0.2, -0.15) is 5.10 Å². The minimum Gasteiger partial charge on any atom is -0.493 e. The highest BCUT2D eigenvalue weighted by molar-refractivity contribution is 5.43. The summed E-state index contributed by atoms with van der Waals surface area (Å²) in [4.78, 5) is 0. The van der Waals surface area contributed by atoms with E-state index in [1.54, 1.807) is 10.9 Å². The zero-order valence-electron chi connectivity index (χ0n) is 10.7. The minimum absolute atomic E-state index is 0.103. The van der Waals surface area contributed by atoms with Crippen molar-refractivity contribution in [3.63, 3.8) is 0 Å². The molecule has 100 valence electrons. The molecule has 5 nitrogen and oxygen atoms in total. The van der Waals surface area contributed by atoms with E-state index in [-0.39, 0.29) is 6.61 Å². The fourth-order valence-corrected chi connectivity index (χ4v) is 2.23. The van der Waals surface area contributed by atoms with E-state index in [1.807, 2.05) is 12.3 Å². The molecule has 19 heavy (non-hydrogen) atoms. The van der Waals surface area contributed by atoms with Gasteiger partial charge < -0.3 is 15.2 Å². The molecule has 0 saturated heterocycles. The number of fused-ring (bicyclic) bond motifs is 1. The Balaban J connectivity index is 1.62. The second-order valence-electron chi connectivity index (χ2n) is 4.61. The molecule has 0 atom stereocenters. The van der Waals surface area contributed by atoms with Gasteiger partial charge in [-0.25, -0.2) is 0 Å². The molecular weight excluding hydrogens is 242 g/mol. The predicted molar refractivity (Wildman–Crippen MR) is 72.3 cm³/mol. The fraction of sp³-hybridized carbons (Fsp3) is 0.357. The number of nitrogens with zero attached hydrogens (tertiary/aromatic N) is 2. The Morgan fingerprint density at radius 2 is 2.37 bits per heavy atom. The van der Waals surface area contributed by atoms with Crippen LogP contribution in [0.15, 0.2) is 30.6 Å². The van der Waals surface area contributed by atoms with E-state index in [0.29, 0.717) is 6.54 Å². The molecule has 0 spiro atoms. The largest absolute Gasteiger partial charge is 0.493 e. The molecule has 0 bridgehead atoms. The molecule has 1 aliphatic heterocycles. The van der Waals surface area contributed by atoms with Crippen molar-refractivity contribution in [2.45, 2.75) is 19.5 Å². The predicted octanol–water partition coefficient (Wildman–Crippen LogP) is 1.42. The van der Waals surface area contributed by atoms with Crippen LogP contribution in [0.2, 0.25) is 0 Å². The monoisotopic (exact) mass is 259 g/mol. The van der Waals surface area contributed by atoms with Crippen LogP contribution in [0.5, 0.6) is 5.75 Å². The van der Waals surface area contributed by atoms with Crippen molar-refractivity contribution in [1.29, 1.82) is 0 Å². The maximum absolute atomic E-state index is 8.83. The van der Waals surface area contributed by atoms with Crippen LogP contribution >= 0.6 is 0 Å². The molecule has 5 heteroatoms. The molecule has 2 N–H and O–H groups in total. The van der Waals surface area contributed by atoms with Crippen molar-refractivity contribution in [2.75, 3.05) is 18.5 Å². The molecule has 0 aliphatic carbocycles. The molecule has 1 aromatic carbocycles. The first-order chi connectivity index (χ1) is 9.35. The van der Waals surface area contributed by atoms with E-state index in [4.69, 9.17) is 9.84 Å². The third kappa shape index (κ3) is 2.71. The SMILES string of the molecule is OCCn1cc(NCc2ccc3c(c2)CCO3)cn1. The lowest BCUT2D eigenvalue weighted by molar-refractivity contribution is 0.269. The number of aliphatic hydroxyl groups is 1. The highest BCUT2D eigenvalue weighted by Gasteiger charge is 2.11. The van der Waals surface area contributed by atoms with Gasteiger partial charge in [0.15, 0.2) is 0 Å². The van der Waals surface area contributed by atoms with Crippen LogP contribution in [0.25, 0.3) is 0 Å². The summed E-state index contributed by atoms with van der Waals surface area (Å²) in [5, 5.41) is 16.3. The lowest BCUT2D eigenvalue weighted by Crippen LogP contribution is -2.02. The molecule has 0 fully saturated rings. The molecule has 3 rings (SSSR count). The van der Waals surface area contributed by atoms with Gasteiger partial charge in [0.25, 0.3) is 0 Å². The topological polar surface area (TPSA) is 59.3 Å². The van der Waals surface area contributed by atoms with E-state index in [0.717, 1.165) is 31.0 Å². The molecule has 0 unspecified atom stereocenters. The first kappa shape index (κ1) is 12.0. The van der Waals surface area contributed by atoms with Crippen LogP contribution in [0, 0.1) is 0 Å². The second kappa shape index (κ2) is 5.32. The standard InChI is InChI=1S/C14H17N3O2/c18-5-4-17-10-13(9-16-17)15-8-11-1-2-14-12(7-11)3-6-19-14/h1-2,7,9-10,15,18H,3-6,8H2. The molecule has 1 aliphatic rings. The summed E-state index contributed by atoms with van der Waals surface area (Å²) >= 11 is 0. The van der Waals surface area contributed by atoms with E-state index >= 15 is 0 Å². The van der Waals surface area contributed by atoms with Gasteiger partial charge >= 0.3 is 0 Å². The molecule has 1 aromatic heterocycles. The fourth-order valence-electron chi connectivity index (χ4n) is 2.23. The third-order valence-electron chi connectivity index (χ3n) is 3.21. The van der Waals surface area contributed by atoms with E-state index in [2.05, 4.69) is 22.5 Å². The zero-order valence-corrected chi connectivity index (χ0v) is 10.7. The quantitative estimate of drug-likeness (QED) is 0.852. The molecule has 0 radical (unpaired) electrons. The summed E-state index contributed by atoms with van der Waals surface area (Å²) in [6, 6.07) is 6.30. The number of anilines is 1. The zero-order chi connectivity index (χ0) is 13.1. The maximum atomic E-state index is 8.83. The molecule has 0 saturated carbocycles. The summed E-state index contributed by atoms with van der Waals surface area (Å²) in [5.74, 6) is 1.01. The average molecular weight is 259 g/mol. The Bertz CT molecular complexity index is 566. The maximum Gasteiger partial charge on any atom is 0.122 e. The van der Waals surface area contributed by atoms with Gasteiger partial charge in [-0.05, 0) is 17.2 Å². The number of benzene rings is 1. The van der Waals surface area contributed by atoms with E-state index in [1.165, 1.54) is 11.1 Å². The molecular formula is C14H17N3O2. The first-order valence-corrected chi connectivity index (χ1v) is 6.47. The van der Waals surface area contributed by atoms with Gasteiger partial charge in [-0.1, -0.05) is 12.1 Å². The van der Waals surface area contributed by atoms with Gasteiger partial charge in [0, 0.05) is 19.2 Å². The number of hydrogen-bond donors (Lipinski definition) is 2. The minimum atomic E-state index is 0.103. The summed E-state index contributed by atoms with van der Waals surface area (Å²) in [6.45, 7) is 2.18. The van der Waals surface area contributed by atoms with Gasteiger partial charge in [0.2, 0.25) is 0 Å². The van der Waals surface area contributed by atoms with Crippen LogP contribution < -0.4 is 10.1 Å². The smallest absolute Gasteiger partial charge is 0.122 e. The van der Waals surface area contributed by atoms with Crippen LogP contribution in [0.1, 0.15) is 11.1 Å². The van der Waals surface area contributed by atoms with Crippen molar-refractivity contribution in [3.05, 3.63) is 41.7 Å². The van der Waals surface area contributed by atoms with Crippen LogP contribution in [-0.4, -0.2) is 28.1 Å². The normalized spacial score (nSPS) is 13.1. The number of aromatic nitrogens is 2. The third-order valence-corrected chi connectivity index (χ3v) is 3.21. The number of rotatable bonds is 5. The Morgan fingerprint density at radius 1 is 1.42 bits per heavy atom. The van der Waals surface area contributed by atoms with Crippen molar-refractivity contribution >= 4 is 5.69 Å². The van der Waals surface area contributed by atoms with Crippen LogP contribution in [-0.2, 0) is 19.5 Å². The lowest BCUT2D eigenvalue weighted by atomic mass is 10.1. The summed E-state index contributed by atoms with van der Waals surface area (Å²) in [5.41, 5.74) is 3.49. The number of aliphatic hydroxyl groups excluding tert-OH is 1. The van der Waals surface area contributed by atoms with Crippen molar-refractivity contribution in [1.82, 2.24) is 9.78 Å². The summed E-state index contributed by atoms with van der Waals surface area (Å²) in [6.07, 6.45) is 4.66. The van der Waals surface area contributed by atoms with Crippen molar-refractivity contribution < 1.29 is 9.84 Å². The number of hydrogen-bond acceptors (Lipinski definition) is 4. The van der Waals surface area contributed by atoms with Gasteiger partial charge in [-0.15, -0.1) is 0 Å². The van der Waals surface area contributed by atoms with Gasteiger partial charge in [0.1, 0.15) is 5.75 Å². The van der Waals surface area contributed by atoms with Crippen LogP contribution in [0.3, 0.4) is 0 Å².